The number of aromatic nitrogens is 3. The Bertz CT molecular complexity index is 1680. The number of rotatable bonds is 8. The van der Waals surface area contributed by atoms with Gasteiger partial charge in [0.25, 0.3) is 0 Å². The van der Waals surface area contributed by atoms with E-state index in [-0.39, 0.29) is 12.5 Å². The molecule has 0 fully saturated rings. The van der Waals surface area contributed by atoms with Gasteiger partial charge in [-0.15, -0.1) is 0 Å². The highest BCUT2D eigenvalue weighted by atomic mass is 32.2. The third-order valence-corrected chi connectivity index (χ3v) is 7.91. The molecule has 13 heteroatoms. The fourth-order valence-corrected chi connectivity index (χ4v) is 5.11. The van der Waals surface area contributed by atoms with Crippen molar-refractivity contribution < 1.29 is 21.6 Å². The molecule has 0 unspecified atom stereocenters. The maximum Gasteiger partial charge on any atom is 0.421 e. The number of alkyl halides is 3. The van der Waals surface area contributed by atoms with Crippen LogP contribution in [0.2, 0.25) is 0 Å². The Kier molecular flexibility index (Phi) is 7.43. The van der Waals surface area contributed by atoms with Gasteiger partial charge in [-0.1, -0.05) is 24.3 Å². The summed E-state index contributed by atoms with van der Waals surface area (Å²) in [5, 5.41) is 10.0. The first kappa shape index (κ1) is 27.5. The number of aromatic amines is 1. The molecular weight excluding hydrogens is 543 g/mol. The molecule has 0 saturated heterocycles. The number of anilines is 4. The third-order valence-electron chi connectivity index (χ3n) is 6.72. The van der Waals surface area contributed by atoms with Crippen molar-refractivity contribution in [3.63, 3.8) is 0 Å². The van der Waals surface area contributed by atoms with Crippen molar-refractivity contribution in [2.75, 3.05) is 41.3 Å². The molecule has 2 aromatic heterocycles. The topological polar surface area (TPSA) is 115 Å². The number of benzene rings is 2. The summed E-state index contributed by atoms with van der Waals surface area (Å²) < 4.78 is 66.6. The zero-order valence-electron chi connectivity index (χ0n) is 21.8. The Labute approximate surface area is 229 Å². The van der Waals surface area contributed by atoms with Crippen LogP contribution in [0.4, 0.5) is 36.3 Å². The molecule has 0 atom stereocenters. The zero-order valence-corrected chi connectivity index (χ0v) is 22.6. The van der Waals surface area contributed by atoms with Gasteiger partial charge in [0.05, 0.1) is 11.9 Å². The van der Waals surface area contributed by atoms with E-state index in [9.17, 15) is 21.6 Å². The first-order valence-corrected chi connectivity index (χ1v) is 14.3. The summed E-state index contributed by atoms with van der Waals surface area (Å²) in [5.74, 6) is -0.445. The van der Waals surface area contributed by atoms with E-state index < -0.39 is 27.6 Å². The predicted molar refractivity (Wildman–Crippen MR) is 151 cm³/mol. The molecule has 1 aliphatic heterocycles. The Morgan fingerprint density at radius 1 is 1.15 bits per heavy atom. The summed E-state index contributed by atoms with van der Waals surface area (Å²) in [6.45, 7) is 1.59. The van der Waals surface area contributed by atoms with Crippen molar-refractivity contribution >= 4 is 49.6 Å². The zero-order chi connectivity index (χ0) is 28.5. The van der Waals surface area contributed by atoms with Gasteiger partial charge in [0.15, 0.2) is 0 Å². The average Bonchev–Trinajstić information content (AvgIpc) is 3.34. The van der Waals surface area contributed by atoms with Crippen LogP contribution in [0.1, 0.15) is 23.1 Å². The van der Waals surface area contributed by atoms with Gasteiger partial charge in [-0.25, -0.2) is 13.4 Å². The van der Waals surface area contributed by atoms with E-state index in [1.165, 1.54) is 12.6 Å². The third kappa shape index (κ3) is 5.89. The number of fused-ring (bicyclic) bond motifs is 1. The molecule has 40 heavy (non-hydrogen) atoms. The van der Waals surface area contributed by atoms with Crippen LogP contribution in [0.15, 0.2) is 60.9 Å². The van der Waals surface area contributed by atoms with E-state index in [0.29, 0.717) is 16.9 Å². The van der Waals surface area contributed by atoms with Crippen molar-refractivity contribution in [2.24, 2.45) is 0 Å². The number of nitrogens with zero attached hydrogens (tertiary/aromatic N) is 3. The Morgan fingerprint density at radius 2 is 1.95 bits per heavy atom. The SMILES string of the molecule is CN(c1ccccc1CNc1nc(Nc2ccc3[nH]cc(C4=CCNCC4)c3c2)ncc1C(F)(F)F)S(C)(=O)=O. The fraction of sp³-hybridized carbons (Fsp3) is 0.259. The van der Waals surface area contributed by atoms with Gasteiger partial charge in [0.2, 0.25) is 16.0 Å². The van der Waals surface area contributed by atoms with E-state index in [4.69, 9.17) is 0 Å². The smallest absolute Gasteiger partial charge is 0.365 e. The van der Waals surface area contributed by atoms with Gasteiger partial charge < -0.3 is 20.9 Å². The Hall–Kier alpha value is -4.10. The van der Waals surface area contributed by atoms with Crippen LogP contribution in [-0.4, -0.2) is 49.8 Å². The van der Waals surface area contributed by atoms with Crippen LogP contribution in [0.5, 0.6) is 0 Å². The summed E-state index contributed by atoms with van der Waals surface area (Å²) in [6, 6.07) is 12.2. The largest absolute Gasteiger partial charge is 0.421 e. The number of halogens is 3. The van der Waals surface area contributed by atoms with Crippen LogP contribution in [0.3, 0.4) is 0 Å². The van der Waals surface area contributed by atoms with E-state index in [2.05, 4.69) is 37.0 Å². The van der Waals surface area contributed by atoms with E-state index in [1.807, 2.05) is 18.3 Å². The number of nitrogens with one attached hydrogen (secondary N) is 4. The highest BCUT2D eigenvalue weighted by Gasteiger charge is 2.35. The minimum absolute atomic E-state index is 0.0189. The van der Waals surface area contributed by atoms with Crippen LogP contribution in [0.25, 0.3) is 16.5 Å². The molecule has 1 aliphatic rings. The van der Waals surface area contributed by atoms with Crippen LogP contribution in [-0.2, 0) is 22.7 Å². The lowest BCUT2D eigenvalue weighted by atomic mass is 9.99. The van der Waals surface area contributed by atoms with Crippen LogP contribution in [0, 0.1) is 0 Å². The summed E-state index contributed by atoms with van der Waals surface area (Å²) in [5.41, 5.74) is 3.65. The number of hydrogen-bond acceptors (Lipinski definition) is 7. The fourth-order valence-electron chi connectivity index (χ4n) is 4.57. The molecule has 0 amide bonds. The summed E-state index contributed by atoms with van der Waals surface area (Å²) in [4.78, 5) is 11.3. The minimum Gasteiger partial charge on any atom is -0.365 e. The minimum atomic E-state index is -4.70. The van der Waals surface area contributed by atoms with E-state index in [1.54, 1.807) is 30.3 Å². The summed E-state index contributed by atoms with van der Waals surface area (Å²) >= 11 is 0. The maximum atomic E-state index is 13.8. The van der Waals surface area contributed by atoms with Crippen molar-refractivity contribution in [1.29, 1.82) is 0 Å². The van der Waals surface area contributed by atoms with E-state index in [0.717, 1.165) is 52.7 Å². The summed E-state index contributed by atoms with van der Waals surface area (Å²) in [7, 11) is -2.19. The number of para-hydroxylation sites is 1. The lowest BCUT2D eigenvalue weighted by Crippen LogP contribution is -2.26. The quantitative estimate of drug-likeness (QED) is 0.233. The van der Waals surface area contributed by atoms with Crippen LogP contribution < -0.4 is 20.3 Å². The molecule has 9 nitrogen and oxygen atoms in total. The lowest BCUT2D eigenvalue weighted by molar-refractivity contribution is -0.137. The predicted octanol–water partition coefficient (Wildman–Crippen LogP) is 5.10. The second-order valence-electron chi connectivity index (χ2n) is 9.44. The molecule has 210 valence electrons. The molecule has 3 heterocycles. The van der Waals surface area contributed by atoms with Crippen molar-refractivity contribution in [3.8, 4) is 0 Å². The van der Waals surface area contributed by atoms with Crippen LogP contribution >= 0.6 is 0 Å². The van der Waals surface area contributed by atoms with Gasteiger partial charge >= 0.3 is 6.18 Å². The highest BCUT2D eigenvalue weighted by molar-refractivity contribution is 7.92. The van der Waals surface area contributed by atoms with Gasteiger partial charge in [-0.05, 0) is 48.4 Å². The summed E-state index contributed by atoms with van der Waals surface area (Å²) in [6.07, 6.45) is 2.08. The molecule has 0 spiro atoms. The van der Waals surface area contributed by atoms with Gasteiger partial charge in [-0.2, -0.15) is 18.2 Å². The average molecular weight is 572 g/mol. The number of hydrogen-bond donors (Lipinski definition) is 4. The molecule has 0 aliphatic carbocycles. The molecular formula is C27H28F3N7O2S. The first-order chi connectivity index (χ1) is 19.0. The number of sulfonamides is 1. The molecule has 4 N–H and O–H groups in total. The highest BCUT2D eigenvalue weighted by Crippen LogP contribution is 2.35. The van der Waals surface area contributed by atoms with Gasteiger partial charge in [0, 0.05) is 54.7 Å². The van der Waals surface area contributed by atoms with Crippen molar-refractivity contribution in [1.82, 2.24) is 20.3 Å². The second kappa shape index (κ2) is 10.8. The van der Waals surface area contributed by atoms with Crippen molar-refractivity contribution in [3.05, 3.63) is 77.6 Å². The van der Waals surface area contributed by atoms with Crippen molar-refractivity contribution in [2.45, 2.75) is 19.1 Å². The van der Waals surface area contributed by atoms with Gasteiger partial charge in [0.1, 0.15) is 11.4 Å². The van der Waals surface area contributed by atoms with Gasteiger partial charge in [-0.3, -0.25) is 4.31 Å². The Balaban J connectivity index is 1.43. The normalized spacial score (nSPS) is 14.2. The molecule has 0 saturated carbocycles. The Morgan fingerprint density at radius 3 is 2.67 bits per heavy atom. The lowest BCUT2D eigenvalue weighted by Gasteiger charge is -2.21. The monoisotopic (exact) mass is 571 g/mol. The maximum absolute atomic E-state index is 13.8. The first-order valence-electron chi connectivity index (χ1n) is 12.5. The molecule has 2 aromatic carbocycles. The molecule has 5 rings (SSSR count). The standard InChI is InChI=1S/C27H28F3N7O2S/c1-37(40(2,38)39)24-6-4-3-5-18(24)14-33-25-22(27(28,29)30)16-34-26(36-25)35-19-7-8-23-20(13-19)21(15-32-23)17-9-11-31-12-10-17/h3-9,13,15-16,31-32H,10-12,14H2,1-2H3,(H2,33,34,35,36). The number of H-pyrrole nitrogens is 1. The van der Waals surface area contributed by atoms with E-state index >= 15 is 0 Å². The molecule has 0 bridgehead atoms. The molecule has 4 aromatic rings. The molecule has 0 radical (unpaired) electrons. The second-order valence-corrected chi connectivity index (χ2v) is 11.5.